The van der Waals surface area contributed by atoms with E-state index in [0.29, 0.717) is 0 Å². The van der Waals surface area contributed by atoms with Crippen LogP contribution in [0.1, 0.15) is 34.6 Å². The van der Waals surface area contributed by atoms with E-state index in [0.717, 1.165) is 7.11 Å². The molecule has 25 atom stereocenters. The molecule has 74 heavy (non-hydrogen) atoms. The van der Waals surface area contributed by atoms with Crippen LogP contribution in [-0.2, 0) is 110 Å². The van der Waals surface area contributed by atoms with Gasteiger partial charge in [-0.15, -0.1) is 0 Å². The molecule has 0 amide bonds. The Bertz CT molecular complexity index is 2320. The molecule has 0 saturated carbocycles. The molecule has 35 nitrogen and oxygen atoms in total. The van der Waals surface area contributed by atoms with E-state index >= 15 is 0 Å². The lowest BCUT2D eigenvalue weighted by molar-refractivity contribution is -0.379. The van der Waals surface area contributed by atoms with Crippen LogP contribution in [0.5, 0.6) is 0 Å². The lowest BCUT2D eigenvalue weighted by atomic mass is 9.84. The molecular formula is C35H60NO34S4-. The zero-order chi connectivity index (χ0) is 55.7. The SMILES string of the molecule is CO[C@H]1OC(COS(=O)(=O)O)[C@@H](O[C@@H]2O[C@@H](N[O-])[C@@H](O[C@H]3OC(COS(=O)(=O)O)[C@@H](O[C@@H]4OC(C(=O)O)[C@@H](O[C@H]5OC(COS(=O)(=O)O)[C@@H](C)[C@H](O)C5C)[C@H](O)C4O)[C@H](C)C3C)C(O)C2OS(=O)(=O)O)[C@H](O)C1C. The third-order valence-corrected chi connectivity index (χ3v) is 14.8. The topological polar surface area (TPSA) is 520 Å². The van der Waals surface area contributed by atoms with Gasteiger partial charge in [-0.05, 0) is 5.92 Å². The highest BCUT2D eigenvalue weighted by atomic mass is 32.3. The number of aliphatic carboxylic acids is 1. The summed E-state index contributed by atoms with van der Waals surface area (Å²) in [5.74, 6) is -6.97. The number of aliphatic hydroxyl groups is 5. The molecule has 5 heterocycles. The summed E-state index contributed by atoms with van der Waals surface area (Å²) < 4.78 is 205. The lowest BCUT2D eigenvalue weighted by Gasteiger charge is -2.51. The van der Waals surface area contributed by atoms with E-state index in [-0.39, 0.29) is 0 Å². The van der Waals surface area contributed by atoms with Crippen molar-refractivity contribution in [1.29, 1.82) is 0 Å². The molecule has 11 N–H and O–H groups in total. The normalized spacial score (nSPS) is 44.0. The standard InChI is InChI=1S/C35H60NO34S4/c1-10-11(2)32(67-26-22(41)27(70-74(54,55)56)35(69-29(26)36-44)65-24-17(9-60-73(51,52)53)62-31(57-6)14(5)19(24)38)63-16(8-59-72(48,49)50)23(10)64-34-21(40)20(39)25(28(68-34)30(42)43)66-33-13(4)18(37)12(3)15(61-33)7-58-71(45,46)47/h10-29,31-41H,7-9H2,1-6H3,(H,42,43)(H,45,46,47)(H,48,49,50)(H,51,52,53)(H,54,55,56)/q-1/t10-,11?,12-,13?,14?,15?,16?,17?,18+,19-,20-,21?,22?,23+,24-,25+,26+,27?,28?,29-,31+,32-,33-,34-,35-/m1/s1. The van der Waals surface area contributed by atoms with Crippen molar-refractivity contribution in [3.8, 4) is 0 Å². The Morgan fingerprint density at radius 1 is 0.473 bits per heavy atom. The van der Waals surface area contributed by atoms with Crippen LogP contribution >= 0.6 is 0 Å². The van der Waals surface area contributed by atoms with Gasteiger partial charge in [-0.25, -0.2) is 21.5 Å². The maximum atomic E-state index is 12.6. The fourth-order valence-electron chi connectivity index (χ4n) is 8.82. The van der Waals surface area contributed by atoms with E-state index in [2.05, 4.69) is 16.7 Å². The molecule has 0 spiro atoms. The summed E-state index contributed by atoms with van der Waals surface area (Å²) in [4.78, 5) is 12.6. The van der Waals surface area contributed by atoms with E-state index in [1.54, 1.807) is 0 Å². The highest BCUT2D eigenvalue weighted by molar-refractivity contribution is 7.81. The Hall–Kier alpha value is -1.73. The van der Waals surface area contributed by atoms with Gasteiger partial charge in [0, 0.05) is 30.8 Å². The molecular weight excluding hydrogens is 1110 g/mol. The van der Waals surface area contributed by atoms with Gasteiger partial charge in [-0.3, -0.25) is 18.2 Å². The quantitative estimate of drug-likeness (QED) is 0.0356. The Kier molecular flexibility index (Phi) is 21.5. The number of rotatable bonds is 22. The molecule has 0 radical (unpaired) electrons. The molecule has 39 heteroatoms. The molecule has 0 aromatic heterocycles. The van der Waals surface area contributed by atoms with Gasteiger partial charge >= 0.3 is 47.6 Å². The van der Waals surface area contributed by atoms with Crippen LogP contribution in [0, 0.1) is 34.8 Å². The van der Waals surface area contributed by atoms with Gasteiger partial charge < -0.3 is 88.7 Å². The number of ether oxygens (including phenoxy) is 10. The summed E-state index contributed by atoms with van der Waals surface area (Å²) >= 11 is 0. The summed E-state index contributed by atoms with van der Waals surface area (Å²) in [5, 5.41) is 79.0. The van der Waals surface area contributed by atoms with Crippen LogP contribution < -0.4 is 5.48 Å². The van der Waals surface area contributed by atoms with Crippen LogP contribution in [0.25, 0.3) is 0 Å². The lowest BCUT2D eigenvalue weighted by Crippen LogP contribution is -2.67. The average molecular weight is 1170 g/mol. The first-order valence-electron chi connectivity index (χ1n) is 22.0. The van der Waals surface area contributed by atoms with Crippen molar-refractivity contribution in [1.82, 2.24) is 5.48 Å². The second-order valence-corrected chi connectivity index (χ2v) is 22.3. The number of carboxylic acid groups (broad SMARTS) is 1. The minimum atomic E-state index is -5.62. The Balaban J connectivity index is 1.38. The molecule has 5 saturated heterocycles. The number of hydroxylamine groups is 1. The number of aliphatic hydroxyl groups excluding tert-OH is 5. The smallest absolute Gasteiger partial charge is 0.397 e. The average Bonchev–Trinajstić information content (AvgIpc) is 3.29. The number of carboxylic acids is 1. The van der Waals surface area contributed by atoms with Crippen molar-refractivity contribution < 1.29 is 151 Å². The Morgan fingerprint density at radius 2 is 0.932 bits per heavy atom. The van der Waals surface area contributed by atoms with Crippen LogP contribution in [0.15, 0.2) is 0 Å². The highest BCUT2D eigenvalue weighted by Gasteiger charge is 2.57. The van der Waals surface area contributed by atoms with E-state index in [1.807, 2.05) is 0 Å². The molecule has 5 rings (SSSR count). The van der Waals surface area contributed by atoms with E-state index in [4.69, 9.17) is 51.9 Å². The molecule has 5 aliphatic rings. The van der Waals surface area contributed by atoms with Crippen LogP contribution in [0.2, 0.25) is 0 Å². The van der Waals surface area contributed by atoms with Gasteiger partial charge in [0.2, 0.25) is 0 Å². The van der Waals surface area contributed by atoms with E-state index < -0.39 is 220 Å². The fourth-order valence-corrected chi connectivity index (χ4v) is 10.2. The molecule has 434 valence electrons. The molecule has 10 unspecified atom stereocenters. The predicted molar refractivity (Wildman–Crippen MR) is 229 cm³/mol. The minimum Gasteiger partial charge on any atom is -0.786 e. The van der Waals surface area contributed by atoms with Gasteiger partial charge in [-0.1, -0.05) is 34.6 Å². The zero-order valence-electron chi connectivity index (χ0n) is 39.5. The van der Waals surface area contributed by atoms with Gasteiger partial charge in [-0.2, -0.15) is 33.7 Å². The number of nitrogens with one attached hydrogen (secondary N) is 1. The molecule has 0 aliphatic carbocycles. The van der Waals surface area contributed by atoms with Crippen molar-refractivity contribution >= 4 is 47.6 Å². The number of carbonyl (C=O) groups is 1. The first-order chi connectivity index (χ1) is 34.1. The van der Waals surface area contributed by atoms with Crippen molar-refractivity contribution in [3.05, 3.63) is 5.21 Å². The van der Waals surface area contributed by atoms with Crippen LogP contribution in [-0.4, -0.2) is 239 Å². The molecule has 0 aromatic carbocycles. The second kappa shape index (κ2) is 25.2. The number of hydrogen-bond acceptors (Lipinski definition) is 30. The zero-order valence-corrected chi connectivity index (χ0v) is 42.7. The van der Waals surface area contributed by atoms with Crippen LogP contribution in [0.3, 0.4) is 0 Å². The second-order valence-electron chi connectivity index (χ2n) is 17.9. The molecule has 5 aliphatic heterocycles. The summed E-state index contributed by atoms with van der Waals surface area (Å²) in [6, 6.07) is 0. The predicted octanol–water partition coefficient (Wildman–Crippen LogP) is -5.44. The molecule has 0 aromatic rings. The number of methoxy groups -OCH3 is 1. The molecule has 0 bridgehead atoms. The summed E-state index contributed by atoms with van der Waals surface area (Å²) in [6.45, 7) is 3.80. The van der Waals surface area contributed by atoms with Gasteiger partial charge in [0.25, 0.3) is 0 Å². The Labute approximate surface area is 422 Å². The summed E-state index contributed by atoms with van der Waals surface area (Å²) in [7, 11) is -19.9. The van der Waals surface area contributed by atoms with Gasteiger partial charge in [0.05, 0.1) is 44.2 Å². The monoisotopic (exact) mass is 1170 g/mol. The van der Waals surface area contributed by atoms with Crippen molar-refractivity contribution in [2.45, 2.75) is 158 Å². The van der Waals surface area contributed by atoms with Crippen molar-refractivity contribution in [2.75, 3.05) is 26.9 Å². The highest BCUT2D eigenvalue weighted by Crippen LogP contribution is 2.41. The maximum Gasteiger partial charge on any atom is 0.397 e. The van der Waals surface area contributed by atoms with Crippen molar-refractivity contribution in [2.24, 2.45) is 29.6 Å². The van der Waals surface area contributed by atoms with Gasteiger partial charge in [0.15, 0.2) is 43.7 Å². The van der Waals surface area contributed by atoms with E-state index in [1.165, 1.54) is 40.1 Å². The third kappa shape index (κ3) is 16.0. The Morgan fingerprint density at radius 3 is 1.45 bits per heavy atom. The minimum absolute atomic E-state index is 0.840. The first-order valence-corrected chi connectivity index (χ1v) is 27.5. The van der Waals surface area contributed by atoms with Gasteiger partial charge in [0.1, 0.15) is 55.1 Å². The summed E-state index contributed by atoms with van der Waals surface area (Å²) in [6.07, 6.45) is -38.7. The molecule has 5 fully saturated rings. The maximum absolute atomic E-state index is 12.6. The fraction of sp³-hybridized carbons (Fsp3) is 0.971. The first kappa shape index (κ1) is 63.1. The summed E-state index contributed by atoms with van der Waals surface area (Å²) in [5.41, 5.74) is 1.38. The van der Waals surface area contributed by atoms with Crippen LogP contribution in [0.4, 0.5) is 0 Å². The van der Waals surface area contributed by atoms with E-state index in [9.17, 15) is 88.0 Å². The third-order valence-electron chi connectivity index (χ3n) is 13.0. The number of hydrogen-bond donors (Lipinski definition) is 11. The van der Waals surface area contributed by atoms with Crippen molar-refractivity contribution in [3.63, 3.8) is 0 Å². The largest absolute Gasteiger partial charge is 0.786 e.